The third kappa shape index (κ3) is 4.12. The van der Waals surface area contributed by atoms with E-state index in [1.807, 2.05) is 13.8 Å². The monoisotopic (exact) mass is 183 g/mol. The maximum absolute atomic E-state index is 2.66. The fourth-order valence-electron chi connectivity index (χ4n) is 1.91. The highest BCUT2D eigenvalue weighted by atomic mass is 15.1. The topological polar surface area (TPSA) is 3.24 Å². The van der Waals surface area contributed by atoms with E-state index in [4.69, 9.17) is 0 Å². The molecule has 78 valence electrons. The largest absolute Gasteiger partial charge is 0.303 e. The third-order valence-electron chi connectivity index (χ3n) is 3.09. The highest BCUT2D eigenvalue weighted by Gasteiger charge is 2.25. The Kier molecular flexibility index (Phi) is 4.79. The van der Waals surface area contributed by atoms with Crippen molar-refractivity contribution in [1.82, 2.24) is 4.90 Å². The average Bonchev–Trinajstić information content (AvgIpc) is 2.96. The summed E-state index contributed by atoms with van der Waals surface area (Å²) in [6.45, 7) is 10.5. The molecule has 0 aromatic heterocycles. The zero-order valence-electron chi connectivity index (χ0n) is 9.55. The molecule has 0 aromatic carbocycles. The standard InChI is InChI=1S/C10H19N.C2H6/c1-9-4-6-11(7-5-9)8-10-2-3-10;1-2/h9-10H,2-8H2,1H3;1-2H3. The molecule has 2 aliphatic rings. The first-order chi connectivity index (χ1) is 6.34. The Bertz CT molecular complexity index is 121. The molecule has 1 aliphatic heterocycles. The molecule has 0 unspecified atom stereocenters. The molecular formula is C12H25N. The lowest BCUT2D eigenvalue weighted by Crippen LogP contribution is -2.34. The van der Waals surface area contributed by atoms with Crippen LogP contribution in [-0.4, -0.2) is 24.5 Å². The van der Waals surface area contributed by atoms with Gasteiger partial charge in [-0.15, -0.1) is 0 Å². The molecule has 0 amide bonds. The first-order valence-corrected chi connectivity index (χ1v) is 6.07. The molecule has 0 spiro atoms. The van der Waals surface area contributed by atoms with Gasteiger partial charge in [0, 0.05) is 6.54 Å². The lowest BCUT2D eigenvalue weighted by Gasteiger charge is -2.30. The number of rotatable bonds is 2. The van der Waals surface area contributed by atoms with Crippen LogP contribution in [0.4, 0.5) is 0 Å². The molecule has 1 nitrogen and oxygen atoms in total. The van der Waals surface area contributed by atoms with Gasteiger partial charge in [0.1, 0.15) is 0 Å². The van der Waals surface area contributed by atoms with Gasteiger partial charge in [0.05, 0.1) is 0 Å². The van der Waals surface area contributed by atoms with Gasteiger partial charge < -0.3 is 4.90 Å². The van der Waals surface area contributed by atoms with Crippen LogP contribution in [0.15, 0.2) is 0 Å². The van der Waals surface area contributed by atoms with Crippen LogP contribution in [0.2, 0.25) is 0 Å². The Hall–Kier alpha value is -0.0400. The number of nitrogens with zero attached hydrogens (tertiary/aromatic N) is 1. The van der Waals surface area contributed by atoms with Gasteiger partial charge in [0.25, 0.3) is 0 Å². The summed E-state index contributed by atoms with van der Waals surface area (Å²) in [5, 5.41) is 0. The molecule has 0 bridgehead atoms. The quantitative estimate of drug-likeness (QED) is 0.635. The van der Waals surface area contributed by atoms with Crippen LogP contribution in [0.3, 0.4) is 0 Å². The van der Waals surface area contributed by atoms with E-state index < -0.39 is 0 Å². The Morgan fingerprint density at radius 3 is 2.00 bits per heavy atom. The van der Waals surface area contributed by atoms with Gasteiger partial charge in [-0.05, 0) is 50.6 Å². The van der Waals surface area contributed by atoms with E-state index in [-0.39, 0.29) is 0 Å². The molecular weight excluding hydrogens is 158 g/mol. The van der Waals surface area contributed by atoms with Gasteiger partial charge in [-0.25, -0.2) is 0 Å². The van der Waals surface area contributed by atoms with Gasteiger partial charge in [-0.3, -0.25) is 0 Å². The Morgan fingerprint density at radius 2 is 1.54 bits per heavy atom. The van der Waals surface area contributed by atoms with E-state index in [1.165, 1.54) is 45.3 Å². The van der Waals surface area contributed by atoms with E-state index in [1.54, 1.807) is 0 Å². The Labute approximate surface area is 83.5 Å². The summed E-state index contributed by atoms with van der Waals surface area (Å²) in [5.41, 5.74) is 0. The van der Waals surface area contributed by atoms with Crippen LogP contribution in [0.1, 0.15) is 46.5 Å². The minimum atomic E-state index is 0.991. The average molecular weight is 183 g/mol. The minimum Gasteiger partial charge on any atom is -0.303 e. The summed E-state index contributed by atoms with van der Waals surface area (Å²) in [5.74, 6) is 2.08. The van der Waals surface area contributed by atoms with Crippen molar-refractivity contribution >= 4 is 0 Å². The zero-order valence-corrected chi connectivity index (χ0v) is 9.55. The van der Waals surface area contributed by atoms with Crippen molar-refractivity contribution in [2.24, 2.45) is 11.8 Å². The van der Waals surface area contributed by atoms with Crippen LogP contribution >= 0.6 is 0 Å². The van der Waals surface area contributed by atoms with Crippen molar-refractivity contribution in [2.45, 2.75) is 46.5 Å². The van der Waals surface area contributed by atoms with Gasteiger partial charge >= 0.3 is 0 Å². The Balaban J connectivity index is 0.000000396. The number of hydrogen-bond acceptors (Lipinski definition) is 1. The molecule has 0 N–H and O–H groups in total. The summed E-state index contributed by atoms with van der Waals surface area (Å²) in [4.78, 5) is 2.66. The number of piperidine rings is 1. The summed E-state index contributed by atoms with van der Waals surface area (Å²) >= 11 is 0. The van der Waals surface area contributed by atoms with Crippen molar-refractivity contribution < 1.29 is 0 Å². The summed E-state index contributed by atoms with van der Waals surface area (Å²) < 4.78 is 0. The highest BCUT2D eigenvalue weighted by Crippen LogP contribution is 2.30. The summed E-state index contributed by atoms with van der Waals surface area (Å²) in [6, 6.07) is 0. The molecule has 0 radical (unpaired) electrons. The normalized spacial score (nSPS) is 25.2. The molecule has 2 fully saturated rings. The van der Waals surface area contributed by atoms with E-state index in [0.29, 0.717) is 0 Å². The summed E-state index contributed by atoms with van der Waals surface area (Å²) in [7, 11) is 0. The molecule has 0 aromatic rings. The van der Waals surface area contributed by atoms with Crippen LogP contribution in [0.5, 0.6) is 0 Å². The lowest BCUT2D eigenvalue weighted by atomic mass is 9.99. The van der Waals surface area contributed by atoms with Crippen molar-refractivity contribution in [3.8, 4) is 0 Å². The van der Waals surface area contributed by atoms with Gasteiger partial charge in [0.2, 0.25) is 0 Å². The van der Waals surface area contributed by atoms with Crippen LogP contribution in [-0.2, 0) is 0 Å². The van der Waals surface area contributed by atoms with Crippen molar-refractivity contribution in [1.29, 1.82) is 0 Å². The van der Waals surface area contributed by atoms with E-state index in [9.17, 15) is 0 Å². The molecule has 2 rings (SSSR count). The SMILES string of the molecule is CC.CC1CCN(CC2CC2)CC1. The third-order valence-corrected chi connectivity index (χ3v) is 3.09. The van der Waals surface area contributed by atoms with Crippen LogP contribution < -0.4 is 0 Å². The van der Waals surface area contributed by atoms with Crippen molar-refractivity contribution in [3.63, 3.8) is 0 Å². The summed E-state index contributed by atoms with van der Waals surface area (Å²) in [6.07, 6.45) is 5.89. The van der Waals surface area contributed by atoms with Crippen molar-refractivity contribution in [2.75, 3.05) is 19.6 Å². The van der Waals surface area contributed by atoms with Crippen LogP contribution in [0, 0.1) is 11.8 Å². The maximum atomic E-state index is 2.66. The fraction of sp³-hybridized carbons (Fsp3) is 1.00. The predicted molar refractivity (Wildman–Crippen MR) is 58.9 cm³/mol. The van der Waals surface area contributed by atoms with Crippen LogP contribution in [0.25, 0.3) is 0 Å². The molecule has 1 aliphatic carbocycles. The fourth-order valence-corrected chi connectivity index (χ4v) is 1.91. The predicted octanol–water partition coefficient (Wildman–Crippen LogP) is 3.15. The maximum Gasteiger partial charge on any atom is 0.000966 e. The smallest absolute Gasteiger partial charge is 0.000966 e. The minimum absolute atomic E-state index is 0.991. The molecule has 13 heavy (non-hydrogen) atoms. The first-order valence-electron chi connectivity index (χ1n) is 6.07. The number of likely N-dealkylation sites (tertiary alicyclic amines) is 1. The Morgan fingerprint density at radius 1 is 1.00 bits per heavy atom. The van der Waals surface area contributed by atoms with Crippen molar-refractivity contribution in [3.05, 3.63) is 0 Å². The molecule has 1 heteroatoms. The van der Waals surface area contributed by atoms with E-state index in [0.717, 1.165) is 11.8 Å². The second kappa shape index (κ2) is 5.64. The molecule has 0 atom stereocenters. The second-order valence-electron chi connectivity index (χ2n) is 4.43. The molecule has 1 saturated carbocycles. The first kappa shape index (κ1) is 11.0. The van der Waals surface area contributed by atoms with E-state index in [2.05, 4.69) is 11.8 Å². The van der Waals surface area contributed by atoms with Gasteiger partial charge in [0.15, 0.2) is 0 Å². The second-order valence-corrected chi connectivity index (χ2v) is 4.43. The lowest BCUT2D eigenvalue weighted by molar-refractivity contribution is 0.186. The highest BCUT2D eigenvalue weighted by molar-refractivity contribution is 4.79. The number of hydrogen-bond donors (Lipinski definition) is 0. The molecule has 1 heterocycles. The zero-order chi connectivity index (χ0) is 9.68. The molecule has 1 saturated heterocycles. The van der Waals surface area contributed by atoms with E-state index >= 15 is 0 Å². The van der Waals surface area contributed by atoms with Gasteiger partial charge in [-0.2, -0.15) is 0 Å². The van der Waals surface area contributed by atoms with Gasteiger partial charge in [-0.1, -0.05) is 20.8 Å².